The minimum atomic E-state index is -0.556. The maximum Gasteiger partial charge on any atom is 2.00 e. The molecule has 15 heavy (non-hydrogen) atoms. The van der Waals surface area contributed by atoms with Crippen molar-refractivity contribution < 1.29 is 12.6 Å². The van der Waals surface area contributed by atoms with Gasteiger partial charge in [0.15, 0.2) is 0 Å². The molecule has 0 aromatic carbocycles. The number of ketones is 1. The van der Waals surface area contributed by atoms with Crippen LogP contribution in [0.1, 0.15) is 54.7 Å². The molecule has 0 rings (SSSR count). The zero-order valence-corrected chi connectivity index (χ0v) is 14.0. The molecule has 0 radical (unpaired) electrons. The molecule has 0 heterocycles. The molecule has 0 bridgehead atoms. The average molecular weight is 341 g/mol. The number of hydrogen-bond acceptors (Lipinski definition) is 3. The van der Waals surface area contributed by atoms with Crippen molar-refractivity contribution in [3.63, 3.8) is 0 Å². The van der Waals surface area contributed by atoms with E-state index in [0.717, 1.165) is 19.3 Å². The van der Waals surface area contributed by atoms with Gasteiger partial charge < -0.3 is 2.85 Å². The molecule has 5 heteroatoms. The van der Waals surface area contributed by atoms with Crippen LogP contribution in [0.5, 0.6) is 0 Å². The van der Waals surface area contributed by atoms with Crippen molar-refractivity contribution in [1.82, 2.24) is 0 Å². The van der Waals surface area contributed by atoms with Crippen molar-refractivity contribution in [3.8, 4) is 0 Å². The van der Waals surface area contributed by atoms with Gasteiger partial charge in [0.2, 0.25) is 5.78 Å². The third-order valence-electron chi connectivity index (χ3n) is 2.11. The normalized spacial score (nSPS) is 9.40. The second kappa shape index (κ2) is 12.7. The zero-order valence-electron chi connectivity index (χ0n) is 11.5. The zero-order chi connectivity index (χ0) is 10.8. The Morgan fingerprint density at radius 3 is 2.27 bits per heavy atom. The summed E-state index contributed by atoms with van der Waals surface area (Å²) in [5.41, 5.74) is 0. The third-order valence-corrected chi connectivity index (χ3v) is 2.11. The molecule has 86 valence electrons. The van der Waals surface area contributed by atoms with E-state index in [9.17, 15) is 14.9 Å². The molecule has 0 aliphatic rings. The minimum absolute atomic E-state index is 0. The van der Waals surface area contributed by atoms with Gasteiger partial charge in [-0.1, -0.05) is 39.0 Å². The fourth-order valence-corrected chi connectivity index (χ4v) is 1.33. The summed E-state index contributed by atoms with van der Waals surface area (Å²) < 4.78 is 0. The Labute approximate surface area is 134 Å². The molecule has 0 saturated carbocycles. The van der Waals surface area contributed by atoms with E-state index in [1.807, 2.05) is 0 Å². The van der Waals surface area contributed by atoms with Crippen LogP contribution in [-0.2, 0) is 4.79 Å². The molecule has 0 unspecified atom stereocenters. The standard InChI is InChI=1S/C10H19NO3.Ba.2H/c1-2-3-4-5-6-7-8-10(12)9-11(13)14;;;/h2-9H2,1H3;;;/q;+2;2*-1. The van der Waals surface area contributed by atoms with Crippen LogP contribution in [-0.4, -0.2) is 66.1 Å². The number of unbranched alkanes of at least 4 members (excludes halogenated alkanes) is 5. The van der Waals surface area contributed by atoms with Gasteiger partial charge in [-0.15, -0.1) is 0 Å². The van der Waals surface area contributed by atoms with Gasteiger partial charge in [0.05, 0.1) is 0 Å². The maximum atomic E-state index is 10.9. The predicted molar refractivity (Wildman–Crippen MR) is 62.8 cm³/mol. The van der Waals surface area contributed by atoms with Crippen LogP contribution in [0.2, 0.25) is 0 Å². The number of nitro groups is 1. The third kappa shape index (κ3) is 14.6. The molecular weight excluding hydrogens is 319 g/mol. The Balaban J connectivity index is -0.000000282. The molecular formula is C10H21BaNO3. The van der Waals surface area contributed by atoms with Crippen LogP contribution >= 0.6 is 0 Å². The molecule has 0 aliphatic carbocycles. The van der Waals surface area contributed by atoms with Gasteiger partial charge in [0.25, 0.3) is 6.54 Å². The number of Topliss-reactive ketones (excluding diaryl/α,β-unsaturated/α-hetero) is 1. The largest absolute Gasteiger partial charge is 2.00 e. The molecule has 4 nitrogen and oxygen atoms in total. The number of nitrogens with zero attached hydrogens (tertiary/aromatic N) is 1. The van der Waals surface area contributed by atoms with E-state index >= 15 is 0 Å². The fourth-order valence-electron chi connectivity index (χ4n) is 1.33. The van der Waals surface area contributed by atoms with Crippen LogP contribution < -0.4 is 0 Å². The first kappa shape index (κ1) is 18.0. The topological polar surface area (TPSA) is 60.2 Å². The van der Waals surface area contributed by atoms with Gasteiger partial charge in [-0.25, -0.2) is 0 Å². The first-order chi connectivity index (χ1) is 6.66. The van der Waals surface area contributed by atoms with Gasteiger partial charge in [-0.05, 0) is 6.42 Å². The summed E-state index contributed by atoms with van der Waals surface area (Å²) in [5, 5.41) is 9.97. The summed E-state index contributed by atoms with van der Waals surface area (Å²) in [6, 6.07) is 0. The van der Waals surface area contributed by atoms with E-state index < -0.39 is 11.5 Å². The molecule has 0 amide bonds. The molecule has 0 N–H and O–H groups in total. The monoisotopic (exact) mass is 341 g/mol. The van der Waals surface area contributed by atoms with Gasteiger partial charge in [0.1, 0.15) is 0 Å². The summed E-state index contributed by atoms with van der Waals surface area (Å²) in [5.74, 6) is -0.245. The minimum Gasteiger partial charge on any atom is -1.00 e. The number of rotatable bonds is 9. The van der Waals surface area contributed by atoms with E-state index in [2.05, 4.69) is 6.92 Å². The van der Waals surface area contributed by atoms with E-state index in [1.54, 1.807) is 0 Å². The van der Waals surface area contributed by atoms with Crippen LogP contribution in [0.3, 0.4) is 0 Å². The predicted octanol–water partition coefficient (Wildman–Crippen LogP) is 2.43. The number of carbonyl (C=O) groups is 1. The Morgan fingerprint density at radius 2 is 1.73 bits per heavy atom. The Morgan fingerprint density at radius 1 is 1.20 bits per heavy atom. The summed E-state index contributed by atoms with van der Waals surface area (Å²) in [4.78, 5) is 20.3. The van der Waals surface area contributed by atoms with Crippen LogP contribution in [0, 0.1) is 10.1 Å². The van der Waals surface area contributed by atoms with Gasteiger partial charge in [-0.3, -0.25) is 14.9 Å². The van der Waals surface area contributed by atoms with Gasteiger partial charge in [0, 0.05) is 11.3 Å². The smallest absolute Gasteiger partial charge is 1.00 e. The van der Waals surface area contributed by atoms with E-state index in [4.69, 9.17) is 0 Å². The van der Waals surface area contributed by atoms with Crippen LogP contribution in [0.25, 0.3) is 0 Å². The summed E-state index contributed by atoms with van der Waals surface area (Å²) in [7, 11) is 0. The first-order valence-corrected chi connectivity index (χ1v) is 5.30. The van der Waals surface area contributed by atoms with Crippen molar-refractivity contribution >= 4 is 54.7 Å². The quantitative estimate of drug-likeness (QED) is 0.280. The first-order valence-electron chi connectivity index (χ1n) is 5.30. The van der Waals surface area contributed by atoms with Crippen molar-refractivity contribution in [3.05, 3.63) is 10.1 Å². The summed E-state index contributed by atoms with van der Waals surface area (Å²) in [6.45, 7) is 1.65. The van der Waals surface area contributed by atoms with Crippen molar-refractivity contribution in [2.24, 2.45) is 0 Å². The van der Waals surface area contributed by atoms with E-state index in [-0.39, 0.29) is 57.5 Å². The molecule has 0 aromatic heterocycles. The number of carbonyl (C=O) groups excluding carboxylic acids is 1. The average Bonchev–Trinajstić information content (AvgIpc) is 2.10. The molecule has 0 saturated heterocycles. The Hall–Kier alpha value is 0.641. The van der Waals surface area contributed by atoms with E-state index in [0.29, 0.717) is 6.42 Å². The molecule has 0 aliphatic heterocycles. The van der Waals surface area contributed by atoms with Crippen LogP contribution in [0.4, 0.5) is 0 Å². The maximum absolute atomic E-state index is 10.9. The van der Waals surface area contributed by atoms with Gasteiger partial charge >= 0.3 is 48.9 Å². The molecule has 0 fully saturated rings. The molecule has 0 aromatic rings. The van der Waals surface area contributed by atoms with Crippen molar-refractivity contribution in [2.45, 2.75) is 51.9 Å². The SMILES string of the molecule is CCCCCCCCC(=O)C[N+](=O)[O-].[Ba+2].[H-].[H-]. The summed E-state index contributed by atoms with van der Waals surface area (Å²) >= 11 is 0. The van der Waals surface area contributed by atoms with Gasteiger partial charge in [-0.2, -0.15) is 0 Å². The Kier molecular flexibility index (Phi) is 15.3. The fraction of sp³-hybridized carbons (Fsp3) is 0.900. The van der Waals surface area contributed by atoms with Crippen molar-refractivity contribution in [1.29, 1.82) is 0 Å². The van der Waals surface area contributed by atoms with Crippen molar-refractivity contribution in [2.75, 3.05) is 6.54 Å². The summed E-state index contributed by atoms with van der Waals surface area (Å²) in [6.07, 6.45) is 6.98. The second-order valence-electron chi connectivity index (χ2n) is 3.55. The molecule has 0 atom stereocenters. The Bertz CT molecular complexity index is 194. The molecule has 0 spiro atoms. The second-order valence-corrected chi connectivity index (χ2v) is 3.55. The van der Waals surface area contributed by atoms with Crippen LogP contribution in [0.15, 0.2) is 0 Å². The van der Waals surface area contributed by atoms with E-state index in [1.165, 1.54) is 19.3 Å². The number of hydrogen-bond donors (Lipinski definition) is 0.